The van der Waals surface area contributed by atoms with Gasteiger partial charge in [-0.25, -0.2) is 0 Å². The van der Waals surface area contributed by atoms with Crippen LogP contribution in [0.5, 0.6) is 0 Å². The lowest BCUT2D eigenvalue weighted by Gasteiger charge is -2.37. The Hall–Kier alpha value is -0.670. The summed E-state index contributed by atoms with van der Waals surface area (Å²) in [6, 6.07) is 2.60. The van der Waals surface area contributed by atoms with Crippen molar-refractivity contribution >= 4 is 0 Å². The standard InChI is InChI=1S/C11H21N3O2/c12-3-6-13-4-1-11(2-5-13)14(7-9-15)8-10-16/h11,15-16H,1-2,4-10H2. The first-order valence-electron chi connectivity index (χ1n) is 5.87. The van der Waals surface area contributed by atoms with Crippen molar-refractivity contribution in [3.05, 3.63) is 0 Å². The second-order valence-corrected chi connectivity index (χ2v) is 4.15. The molecule has 1 rings (SSSR count). The van der Waals surface area contributed by atoms with E-state index in [2.05, 4.69) is 15.9 Å². The van der Waals surface area contributed by atoms with Crippen LogP contribution in [0.1, 0.15) is 12.8 Å². The van der Waals surface area contributed by atoms with Gasteiger partial charge >= 0.3 is 0 Å². The zero-order chi connectivity index (χ0) is 11.8. The van der Waals surface area contributed by atoms with Crippen molar-refractivity contribution in [3.63, 3.8) is 0 Å². The highest BCUT2D eigenvalue weighted by molar-refractivity contribution is 4.84. The Morgan fingerprint density at radius 3 is 2.19 bits per heavy atom. The van der Waals surface area contributed by atoms with Crippen LogP contribution in [0.2, 0.25) is 0 Å². The molecule has 0 aromatic rings. The van der Waals surface area contributed by atoms with E-state index < -0.39 is 0 Å². The summed E-state index contributed by atoms with van der Waals surface area (Å²) < 4.78 is 0. The second-order valence-electron chi connectivity index (χ2n) is 4.15. The fourth-order valence-electron chi connectivity index (χ4n) is 2.28. The second kappa shape index (κ2) is 7.58. The van der Waals surface area contributed by atoms with Gasteiger partial charge in [-0.3, -0.25) is 9.80 Å². The van der Waals surface area contributed by atoms with Crippen molar-refractivity contribution in [3.8, 4) is 6.07 Å². The number of hydrogen-bond donors (Lipinski definition) is 2. The molecule has 0 radical (unpaired) electrons. The average Bonchev–Trinajstić information content (AvgIpc) is 2.30. The summed E-state index contributed by atoms with van der Waals surface area (Å²) in [5.41, 5.74) is 0. The third kappa shape index (κ3) is 4.06. The Morgan fingerprint density at radius 1 is 1.19 bits per heavy atom. The number of rotatable bonds is 6. The first-order valence-corrected chi connectivity index (χ1v) is 5.87. The lowest BCUT2D eigenvalue weighted by atomic mass is 10.0. The van der Waals surface area contributed by atoms with Gasteiger partial charge in [-0.1, -0.05) is 0 Å². The van der Waals surface area contributed by atoms with Crippen molar-refractivity contribution < 1.29 is 10.2 Å². The number of nitriles is 1. The van der Waals surface area contributed by atoms with Gasteiger partial charge < -0.3 is 10.2 Å². The number of aliphatic hydroxyl groups excluding tert-OH is 2. The minimum Gasteiger partial charge on any atom is -0.395 e. The zero-order valence-electron chi connectivity index (χ0n) is 9.68. The molecule has 1 saturated heterocycles. The van der Waals surface area contributed by atoms with Crippen molar-refractivity contribution in [2.75, 3.05) is 45.9 Å². The van der Waals surface area contributed by atoms with Crippen LogP contribution in [0.15, 0.2) is 0 Å². The molecule has 1 fully saturated rings. The van der Waals surface area contributed by atoms with Crippen molar-refractivity contribution in [1.82, 2.24) is 9.80 Å². The van der Waals surface area contributed by atoms with E-state index in [9.17, 15) is 0 Å². The summed E-state index contributed by atoms with van der Waals surface area (Å²) in [6.07, 6.45) is 2.03. The van der Waals surface area contributed by atoms with Crippen LogP contribution in [-0.4, -0.2) is 72.0 Å². The topological polar surface area (TPSA) is 70.7 Å². The summed E-state index contributed by atoms with van der Waals surface area (Å²) in [4.78, 5) is 4.29. The molecule has 0 bridgehead atoms. The number of hydrogen-bond acceptors (Lipinski definition) is 5. The van der Waals surface area contributed by atoms with E-state index >= 15 is 0 Å². The molecular formula is C11H21N3O2. The predicted molar refractivity (Wildman–Crippen MR) is 60.8 cm³/mol. The largest absolute Gasteiger partial charge is 0.395 e. The molecular weight excluding hydrogens is 206 g/mol. The number of likely N-dealkylation sites (tertiary alicyclic amines) is 1. The molecule has 1 heterocycles. The molecule has 0 aliphatic carbocycles. The first-order chi connectivity index (χ1) is 7.81. The van der Waals surface area contributed by atoms with Gasteiger partial charge in [0.1, 0.15) is 0 Å². The maximum atomic E-state index is 8.95. The lowest BCUT2D eigenvalue weighted by Crippen LogP contribution is -2.46. The molecule has 0 spiro atoms. The Balaban J connectivity index is 2.35. The molecule has 2 N–H and O–H groups in total. The molecule has 1 aliphatic rings. The van der Waals surface area contributed by atoms with E-state index in [4.69, 9.17) is 15.5 Å². The maximum Gasteiger partial charge on any atom is 0.0866 e. The third-order valence-corrected chi connectivity index (χ3v) is 3.14. The van der Waals surface area contributed by atoms with E-state index in [1.165, 1.54) is 0 Å². The molecule has 92 valence electrons. The summed E-state index contributed by atoms with van der Waals surface area (Å²) in [6.45, 7) is 3.91. The quantitative estimate of drug-likeness (QED) is 0.585. The fourth-order valence-corrected chi connectivity index (χ4v) is 2.28. The van der Waals surface area contributed by atoms with Crippen LogP contribution in [0.4, 0.5) is 0 Å². The Labute approximate surface area is 96.9 Å². The van der Waals surface area contributed by atoms with Gasteiger partial charge in [0, 0.05) is 32.2 Å². The minimum absolute atomic E-state index is 0.137. The first kappa shape index (κ1) is 13.4. The molecule has 0 aromatic heterocycles. The normalized spacial score (nSPS) is 18.9. The predicted octanol–water partition coefficient (Wildman–Crippen LogP) is -0.739. The summed E-state index contributed by atoms with van der Waals surface area (Å²) in [5, 5.41) is 26.5. The molecule has 0 saturated carbocycles. The van der Waals surface area contributed by atoms with Gasteiger partial charge in [0.2, 0.25) is 0 Å². The zero-order valence-corrected chi connectivity index (χ0v) is 9.68. The molecule has 0 amide bonds. The van der Waals surface area contributed by atoms with Crippen LogP contribution in [0, 0.1) is 11.3 Å². The fraction of sp³-hybridized carbons (Fsp3) is 0.909. The third-order valence-electron chi connectivity index (χ3n) is 3.14. The van der Waals surface area contributed by atoms with E-state index in [0.717, 1.165) is 25.9 Å². The van der Waals surface area contributed by atoms with Crippen LogP contribution >= 0.6 is 0 Å². The molecule has 5 heteroatoms. The monoisotopic (exact) mass is 227 g/mol. The van der Waals surface area contributed by atoms with E-state index in [-0.39, 0.29) is 13.2 Å². The number of nitrogens with zero attached hydrogens (tertiary/aromatic N) is 3. The van der Waals surface area contributed by atoms with Gasteiger partial charge in [-0.15, -0.1) is 0 Å². The molecule has 0 aromatic carbocycles. The van der Waals surface area contributed by atoms with E-state index in [0.29, 0.717) is 25.7 Å². The van der Waals surface area contributed by atoms with Crippen molar-refractivity contribution in [1.29, 1.82) is 5.26 Å². The number of aliphatic hydroxyl groups is 2. The Kier molecular flexibility index (Phi) is 6.34. The van der Waals surface area contributed by atoms with Gasteiger partial charge in [0.25, 0.3) is 0 Å². The highest BCUT2D eigenvalue weighted by Gasteiger charge is 2.23. The van der Waals surface area contributed by atoms with Crippen molar-refractivity contribution in [2.24, 2.45) is 0 Å². The van der Waals surface area contributed by atoms with Gasteiger partial charge in [-0.2, -0.15) is 5.26 Å². The van der Waals surface area contributed by atoms with Crippen molar-refractivity contribution in [2.45, 2.75) is 18.9 Å². The molecule has 1 aliphatic heterocycles. The summed E-state index contributed by atoms with van der Waals surface area (Å²) in [7, 11) is 0. The minimum atomic E-state index is 0.137. The summed E-state index contributed by atoms with van der Waals surface area (Å²) in [5.74, 6) is 0. The maximum absolute atomic E-state index is 8.95. The molecule has 16 heavy (non-hydrogen) atoms. The van der Waals surface area contributed by atoms with Crippen LogP contribution in [0.3, 0.4) is 0 Å². The van der Waals surface area contributed by atoms with Gasteiger partial charge in [0.15, 0.2) is 0 Å². The summed E-state index contributed by atoms with van der Waals surface area (Å²) >= 11 is 0. The smallest absolute Gasteiger partial charge is 0.0866 e. The lowest BCUT2D eigenvalue weighted by molar-refractivity contribution is 0.0797. The van der Waals surface area contributed by atoms with Crippen LogP contribution in [0.25, 0.3) is 0 Å². The molecule has 0 unspecified atom stereocenters. The molecule has 5 nitrogen and oxygen atoms in total. The SMILES string of the molecule is N#CCN1CCC(N(CCO)CCO)CC1. The van der Waals surface area contributed by atoms with Gasteiger partial charge in [0.05, 0.1) is 25.8 Å². The highest BCUT2D eigenvalue weighted by Crippen LogP contribution is 2.15. The molecule has 0 atom stereocenters. The van der Waals surface area contributed by atoms with Gasteiger partial charge in [-0.05, 0) is 12.8 Å². The van der Waals surface area contributed by atoms with E-state index in [1.54, 1.807) is 0 Å². The van der Waals surface area contributed by atoms with E-state index in [1.807, 2.05) is 0 Å². The number of piperidine rings is 1. The van der Waals surface area contributed by atoms with Crippen LogP contribution < -0.4 is 0 Å². The Bertz CT molecular complexity index is 216. The van der Waals surface area contributed by atoms with Crippen LogP contribution in [-0.2, 0) is 0 Å². The average molecular weight is 227 g/mol. The highest BCUT2D eigenvalue weighted by atomic mass is 16.3. The Morgan fingerprint density at radius 2 is 1.75 bits per heavy atom.